The van der Waals surface area contributed by atoms with Crippen LogP contribution in [0.1, 0.15) is 16.1 Å². The van der Waals surface area contributed by atoms with Gasteiger partial charge in [-0.3, -0.25) is 14.6 Å². The van der Waals surface area contributed by atoms with Gasteiger partial charge < -0.3 is 5.73 Å². The van der Waals surface area contributed by atoms with Crippen molar-refractivity contribution >= 4 is 21.6 Å². The number of nitrogens with one attached hydrogen (secondary N) is 2. The number of hydrogen-bond acceptors (Lipinski definition) is 4. The molecule has 1 aromatic carbocycles. The van der Waals surface area contributed by atoms with Crippen molar-refractivity contribution in [2.45, 2.75) is 11.8 Å². The fourth-order valence-electron chi connectivity index (χ4n) is 1.52. The van der Waals surface area contributed by atoms with Crippen molar-refractivity contribution in [2.75, 3.05) is 4.72 Å². The average molecular weight is 280 g/mol. The van der Waals surface area contributed by atoms with Crippen LogP contribution in [0.5, 0.6) is 0 Å². The minimum Gasteiger partial charge on any atom is -0.366 e. The minimum absolute atomic E-state index is 0.0754. The molecule has 8 heteroatoms. The number of rotatable bonds is 4. The smallest absolute Gasteiger partial charge is 0.265 e. The van der Waals surface area contributed by atoms with Crippen LogP contribution in [0, 0.1) is 6.92 Å². The summed E-state index contributed by atoms with van der Waals surface area (Å²) in [5.41, 5.74) is 6.19. The highest BCUT2D eigenvalue weighted by Crippen LogP contribution is 2.17. The molecule has 0 bridgehead atoms. The quantitative estimate of drug-likeness (QED) is 0.760. The number of hydrogen-bond donors (Lipinski definition) is 3. The van der Waals surface area contributed by atoms with Gasteiger partial charge in [0.25, 0.3) is 10.0 Å². The van der Waals surface area contributed by atoms with Crippen LogP contribution in [-0.2, 0) is 10.0 Å². The Morgan fingerprint density at radius 2 is 1.95 bits per heavy atom. The Morgan fingerprint density at radius 3 is 2.42 bits per heavy atom. The lowest BCUT2D eigenvalue weighted by atomic mass is 10.2. The number of aryl methyl sites for hydroxylation is 1. The van der Waals surface area contributed by atoms with Gasteiger partial charge in [0.05, 0.1) is 11.9 Å². The lowest BCUT2D eigenvalue weighted by Gasteiger charge is -2.07. The third-order valence-electron chi connectivity index (χ3n) is 2.49. The number of amides is 1. The Hall–Kier alpha value is -2.35. The highest BCUT2D eigenvalue weighted by molar-refractivity contribution is 7.92. The van der Waals surface area contributed by atoms with E-state index in [9.17, 15) is 13.2 Å². The number of H-pyrrole nitrogens is 1. The number of primary amides is 1. The van der Waals surface area contributed by atoms with Crippen LogP contribution < -0.4 is 10.5 Å². The maximum atomic E-state index is 12.0. The zero-order chi connectivity index (χ0) is 14.0. The SMILES string of the molecule is Cc1[nH]ncc1S(=O)(=O)Nc1ccc(C(N)=O)cc1. The van der Waals surface area contributed by atoms with Crippen LogP contribution in [0.4, 0.5) is 5.69 Å². The fraction of sp³-hybridized carbons (Fsp3) is 0.0909. The Labute approximate surface area is 109 Å². The van der Waals surface area contributed by atoms with Gasteiger partial charge >= 0.3 is 0 Å². The normalized spacial score (nSPS) is 11.2. The third-order valence-corrected chi connectivity index (χ3v) is 3.99. The maximum Gasteiger partial charge on any atom is 0.265 e. The Balaban J connectivity index is 2.26. The van der Waals surface area contributed by atoms with E-state index in [1.165, 1.54) is 30.5 Å². The third kappa shape index (κ3) is 2.74. The molecule has 1 amide bonds. The van der Waals surface area contributed by atoms with Gasteiger partial charge in [0.2, 0.25) is 5.91 Å². The number of aromatic nitrogens is 2. The molecule has 0 aliphatic carbocycles. The van der Waals surface area contributed by atoms with Crippen molar-refractivity contribution in [1.82, 2.24) is 10.2 Å². The second kappa shape index (κ2) is 4.73. The number of nitrogens with two attached hydrogens (primary N) is 1. The van der Waals surface area contributed by atoms with Crippen LogP contribution >= 0.6 is 0 Å². The summed E-state index contributed by atoms with van der Waals surface area (Å²) < 4.78 is 26.5. The van der Waals surface area contributed by atoms with E-state index in [0.717, 1.165) is 0 Å². The van der Waals surface area contributed by atoms with E-state index in [-0.39, 0.29) is 4.90 Å². The highest BCUT2D eigenvalue weighted by atomic mass is 32.2. The Kier molecular flexibility index (Phi) is 3.26. The second-order valence-corrected chi connectivity index (χ2v) is 5.56. The first-order valence-corrected chi connectivity index (χ1v) is 6.81. The van der Waals surface area contributed by atoms with Crippen molar-refractivity contribution in [3.63, 3.8) is 0 Å². The van der Waals surface area contributed by atoms with E-state index in [2.05, 4.69) is 14.9 Å². The number of carbonyl (C=O) groups is 1. The predicted molar refractivity (Wildman–Crippen MR) is 69.1 cm³/mol. The van der Waals surface area contributed by atoms with E-state index in [1.54, 1.807) is 6.92 Å². The van der Waals surface area contributed by atoms with E-state index >= 15 is 0 Å². The van der Waals surface area contributed by atoms with Gasteiger partial charge in [-0.1, -0.05) is 0 Å². The predicted octanol–water partition coefficient (Wildman–Crippen LogP) is 0.618. The van der Waals surface area contributed by atoms with Gasteiger partial charge in [-0.15, -0.1) is 0 Å². The maximum absolute atomic E-state index is 12.0. The Morgan fingerprint density at radius 1 is 1.32 bits per heavy atom. The van der Waals surface area contributed by atoms with Crippen molar-refractivity contribution in [1.29, 1.82) is 0 Å². The molecule has 0 aliphatic heterocycles. The lowest BCUT2D eigenvalue weighted by Crippen LogP contribution is -2.14. The number of nitrogens with zero attached hydrogens (tertiary/aromatic N) is 1. The molecule has 0 fully saturated rings. The van der Waals surface area contributed by atoms with Crippen LogP contribution in [0.25, 0.3) is 0 Å². The van der Waals surface area contributed by atoms with Crippen molar-refractivity contribution in [2.24, 2.45) is 5.73 Å². The van der Waals surface area contributed by atoms with Crippen molar-refractivity contribution in [3.05, 3.63) is 41.7 Å². The molecule has 0 radical (unpaired) electrons. The number of sulfonamides is 1. The monoisotopic (exact) mass is 280 g/mol. The van der Waals surface area contributed by atoms with E-state index < -0.39 is 15.9 Å². The molecule has 2 aromatic rings. The molecule has 100 valence electrons. The lowest BCUT2D eigenvalue weighted by molar-refractivity contribution is 0.100. The van der Waals surface area contributed by atoms with Gasteiger partial charge in [-0.05, 0) is 31.2 Å². The number of anilines is 1. The molecule has 0 atom stereocenters. The molecule has 0 aliphatic rings. The van der Waals surface area contributed by atoms with Crippen LogP contribution in [0.2, 0.25) is 0 Å². The molecule has 2 rings (SSSR count). The van der Waals surface area contributed by atoms with Gasteiger partial charge in [0, 0.05) is 11.3 Å². The Bertz CT molecular complexity index is 704. The average Bonchev–Trinajstić information content (AvgIpc) is 2.76. The summed E-state index contributed by atoms with van der Waals surface area (Å²) in [5, 5.41) is 6.22. The molecule has 1 heterocycles. The number of aromatic amines is 1. The second-order valence-electron chi connectivity index (χ2n) is 3.91. The molecular weight excluding hydrogens is 268 g/mol. The van der Waals surface area contributed by atoms with Crippen LogP contribution in [0.3, 0.4) is 0 Å². The number of benzene rings is 1. The summed E-state index contributed by atoms with van der Waals surface area (Å²) in [4.78, 5) is 11.0. The van der Waals surface area contributed by atoms with Crippen molar-refractivity contribution in [3.8, 4) is 0 Å². The molecule has 19 heavy (non-hydrogen) atoms. The largest absolute Gasteiger partial charge is 0.366 e. The summed E-state index contributed by atoms with van der Waals surface area (Å²) >= 11 is 0. The van der Waals surface area contributed by atoms with Gasteiger partial charge in [-0.25, -0.2) is 8.42 Å². The van der Waals surface area contributed by atoms with Gasteiger partial charge in [0.15, 0.2) is 0 Å². The zero-order valence-corrected chi connectivity index (χ0v) is 10.9. The first-order valence-electron chi connectivity index (χ1n) is 5.33. The summed E-state index contributed by atoms with van der Waals surface area (Å²) in [7, 11) is -3.69. The topological polar surface area (TPSA) is 118 Å². The molecule has 0 saturated heterocycles. The molecule has 4 N–H and O–H groups in total. The molecule has 0 spiro atoms. The van der Waals surface area contributed by atoms with Crippen LogP contribution in [0.15, 0.2) is 35.4 Å². The molecule has 7 nitrogen and oxygen atoms in total. The summed E-state index contributed by atoms with van der Waals surface area (Å²) in [5.74, 6) is -0.569. The summed E-state index contributed by atoms with van der Waals surface area (Å²) in [6.07, 6.45) is 1.23. The summed E-state index contributed by atoms with van der Waals surface area (Å²) in [6, 6.07) is 5.82. The molecule has 0 saturated carbocycles. The minimum atomic E-state index is -3.69. The van der Waals surface area contributed by atoms with E-state index in [0.29, 0.717) is 16.9 Å². The summed E-state index contributed by atoms with van der Waals surface area (Å²) in [6.45, 7) is 1.61. The molecule has 0 unspecified atom stereocenters. The molecule has 1 aromatic heterocycles. The van der Waals surface area contributed by atoms with Gasteiger partial charge in [0.1, 0.15) is 4.90 Å². The highest BCUT2D eigenvalue weighted by Gasteiger charge is 2.18. The number of carbonyl (C=O) groups excluding carboxylic acids is 1. The molecular formula is C11H12N4O3S. The first-order chi connectivity index (χ1) is 8.90. The van der Waals surface area contributed by atoms with Gasteiger partial charge in [-0.2, -0.15) is 5.10 Å². The fourth-order valence-corrected chi connectivity index (χ4v) is 2.72. The van der Waals surface area contributed by atoms with E-state index in [4.69, 9.17) is 5.73 Å². The van der Waals surface area contributed by atoms with Crippen LogP contribution in [-0.4, -0.2) is 24.5 Å². The first kappa shape index (κ1) is 13.1. The van der Waals surface area contributed by atoms with E-state index in [1.807, 2.05) is 0 Å². The zero-order valence-electron chi connectivity index (χ0n) is 10.0. The van der Waals surface area contributed by atoms with Crippen molar-refractivity contribution < 1.29 is 13.2 Å². The standard InChI is InChI=1S/C11H12N4O3S/c1-7-10(6-13-14-7)19(17,18)15-9-4-2-8(3-5-9)11(12)16/h2-6,15H,1H3,(H2,12,16)(H,13,14).